The summed E-state index contributed by atoms with van der Waals surface area (Å²) < 4.78 is 0.946. The Balaban J connectivity index is 3.39. The van der Waals surface area contributed by atoms with Gasteiger partial charge in [0.15, 0.2) is 0 Å². The fourth-order valence-electron chi connectivity index (χ4n) is 1.02. The molecule has 0 aromatic heterocycles. The molecule has 1 aromatic carbocycles. The maximum Gasteiger partial charge on any atom is 0.137 e. The standard InChI is InChI=1S/C9H10BrClO/c1-3-6-4-7(10)5(2)8(11)9(6)12/h4,12H,3H2,1-2H3. The van der Waals surface area contributed by atoms with Crippen LogP contribution in [-0.4, -0.2) is 5.11 Å². The molecule has 1 aromatic rings. The van der Waals surface area contributed by atoms with Crippen LogP contribution in [0.25, 0.3) is 0 Å². The average Bonchev–Trinajstić information content (AvgIpc) is 2.08. The van der Waals surface area contributed by atoms with Gasteiger partial charge in [-0.25, -0.2) is 0 Å². The Hall–Kier alpha value is -0.210. The molecule has 1 rings (SSSR count). The minimum Gasteiger partial charge on any atom is -0.506 e. The van der Waals surface area contributed by atoms with E-state index in [4.69, 9.17) is 11.6 Å². The third-order valence-corrected chi connectivity index (χ3v) is 3.17. The van der Waals surface area contributed by atoms with E-state index in [1.807, 2.05) is 19.9 Å². The van der Waals surface area contributed by atoms with Crippen molar-refractivity contribution in [3.63, 3.8) is 0 Å². The minimum absolute atomic E-state index is 0.208. The maximum absolute atomic E-state index is 9.55. The van der Waals surface area contributed by atoms with Crippen LogP contribution in [0.1, 0.15) is 18.1 Å². The Morgan fingerprint density at radius 1 is 1.58 bits per heavy atom. The lowest BCUT2D eigenvalue weighted by atomic mass is 10.1. The van der Waals surface area contributed by atoms with Gasteiger partial charge >= 0.3 is 0 Å². The van der Waals surface area contributed by atoms with Gasteiger partial charge in [-0.05, 0) is 30.5 Å². The SMILES string of the molecule is CCc1cc(Br)c(C)c(Cl)c1O. The van der Waals surface area contributed by atoms with Crippen LogP contribution < -0.4 is 0 Å². The molecule has 0 bridgehead atoms. The molecule has 0 atom stereocenters. The van der Waals surface area contributed by atoms with Crippen molar-refractivity contribution < 1.29 is 5.11 Å². The van der Waals surface area contributed by atoms with E-state index in [1.165, 1.54) is 0 Å². The highest BCUT2D eigenvalue weighted by molar-refractivity contribution is 9.10. The number of phenolic OH excluding ortho intramolecular Hbond substituents is 1. The zero-order chi connectivity index (χ0) is 9.30. The molecular weight excluding hydrogens is 239 g/mol. The highest BCUT2D eigenvalue weighted by Crippen LogP contribution is 2.35. The first-order chi connectivity index (χ1) is 5.57. The smallest absolute Gasteiger partial charge is 0.137 e. The van der Waals surface area contributed by atoms with Gasteiger partial charge in [-0.15, -0.1) is 0 Å². The number of phenols is 1. The summed E-state index contributed by atoms with van der Waals surface area (Å²) in [6, 6.07) is 1.90. The van der Waals surface area contributed by atoms with Crippen LogP contribution in [0.3, 0.4) is 0 Å². The van der Waals surface area contributed by atoms with Gasteiger partial charge in [-0.3, -0.25) is 0 Å². The number of hydrogen-bond acceptors (Lipinski definition) is 1. The van der Waals surface area contributed by atoms with Crippen LogP contribution >= 0.6 is 27.5 Å². The second-order valence-corrected chi connectivity index (χ2v) is 3.89. The molecule has 0 aliphatic heterocycles. The molecule has 0 amide bonds. The maximum atomic E-state index is 9.55. The molecule has 12 heavy (non-hydrogen) atoms. The molecule has 0 fully saturated rings. The Labute approximate surface area is 85.5 Å². The average molecular weight is 250 g/mol. The largest absolute Gasteiger partial charge is 0.506 e. The van der Waals surface area contributed by atoms with E-state index in [1.54, 1.807) is 0 Å². The number of aryl methyl sites for hydroxylation is 1. The normalized spacial score (nSPS) is 10.3. The summed E-state index contributed by atoms with van der Waals surface area (Å²) in [6.45, 7) is 3.85. The summed E-state index contributed by atoms with van der Waals surface area (Å²) in [5.41, 5.74) is 1.75. The molecule has 1 nitrogen and oxygen atoms in total. The molecule has 0 saturated carbocycles. The van der Waals surface area contributed by atoms with Gasteiger partial charge in [0.1, 0.15) is 5.75 Å². The van der Waals surface area contributed by atoms with Crippen molar-refractivity contribution in [3.8, 4) is 5.75 Å². The third-order valence-electron chi connectivity index (χ3n) is 1.88. The third kappa shape index (κ3) is 1.59. The predicted octanol–water partition coefficient (Wildman–Crippen LogP) is 3.68. The monoisotopic (exact) mass is 248 g/mol. The number of hydrogen-bond donors (Lipinski definition) is 1. The summed E-state index contributed by atoms with van der Waals surface area (Å²) in [4.78, 5) is 0. The van der Waals surface area contributed by atoms with Crippen molar-refractivity contribution >= 4 is 27.5 Å². The molecule has 0 spiro atoms. The van der Waals surface area contributed by atoms with Gasteiger partial charge < -0.3 is 5.11 Å². The van der Waals surface area contributed by atoms with Crippen molar-refractivity contribution in [3.05, 3.63) is 26.7 Å². The highest BCUT2D eigenvalue weighted by atomic mass is 79.9. The molecule has 1 N–H and O–H groups in total. The van der Waals surface area contributed by atoms with Crippen molar-refractivity contribution in [2.45, 2.75) is 20.3 Å². The Kier molecular flexibility index (Phi) is 3.02. The van der Waals surface area contributed by atoms with Crippen molar-refractivity contribution in [1.29, 1.82) is 0 Å². The first kappa shape index (κ1) is 9.87. The minimum atomic E-state index is 0.208. The Morgan fingerprint density at radius 2 is 2.17 bits per heavy atom. The zero-order valence-corrected chi connectivity index (χ0v) is 9.33. The predicted molar refractivity (Wildman–Crippen MR) is 54.9 cm³/mol. The highest BCUT2D eigenvalue weighted by Gasteiger charge is 2.10. The second kappa shape index (κ2) is 3.67. The summed E-state index contributed by atoms with van der Waals surface area (Å²) >= 11 is 9.26. The summed E-state index contributed by atoms with van der Waals surface area (Å²) in [6.07, 6.45) is 0.782. The van der Waals surface area contributed by atoms with Crippen LogP contribution in [0.15, 0.2) is 10.5 Å². The van der Waals surface area contributed by atoms with Gasteiger partial charge in [0, 0.05) is 4.47 Å². The molecule has 0 saturated heterocycles. The van der Waals surface area contributed by atoms with E-state index in [0.29, 0.717) is 5.02 Å². The van der Waals surface area contributed by atoms with Gasteiger partial charge in [0.2, 0.25) is 0 Å². The van der Waals surface area contributed by atoms with E-state index >= 15 is 0 Å². The molecule has 3 heteroatoms. The van der Waals surface area contributed by atoms with E-state index in [2.05, 4.69) is 15.9 Å². The van der Waals surface area contributed by atoms with E-state index in [-0.39, 0.29) is 5.75 Å². The number of halogens is 2. The summed E-state index contributed by atoms with van der Waals surface area (Å²) in [5.74, 6) is 0.208. The molecule has 0 unspecified atom stereocenters. The molecule has 0 aliphatic rings. The van der Waals surface area contributed by atoms with Crippen LogP contribution in [0.2, 0.25) is 5.02 Å². The number of aromatic hydroxyl groups is 1. The first-order valence-corrected chi connectivity index (χ1v) is 4.91. The fourth-order valence-corrected chi connectivity index (χ4v) is 1.83. The first-order valence-electron chi connectivity index (χ1n) is 3.74. The van der Waals surface area contributed by atoms with Gasteiger partial charge in [0.05, 0.1) is 5.02 Å². The lowest BCUT2D eigenvalue weighted by Gasteiger charge is -2.08. The van der Waals surface area contributed by atoms with Crippen LogP contribution in [-0.2, 0) is 6.42 Å². The molecule has 0 radical (unpaired) electrons. The van der Waals surface area contributed by atoms with E-state index in [9.17, 15) is 5.11 Å². The van der Waals surface area contributed by atoms with Crippen molar-refractivity contribution in [2.24, 2.45) is 0 Å². The summed E-state index contributed by atoms with van der Waals surface area (Å²) in [7, 11) is 0. The molecule has 0 heterocycles. The van der Waals surface area contributed by atoms with Gasteiger partial charge in [-0.1, -0.05) is 34.5 Å². The van der Waals surface area contributed by atoms with E-state index < -0.39 is 0 Å². The van der Waals surface area contributed by atoms with Crippen LogP contribution in [0.5, 0.6) is 5.75 Å². The summed E-state index contributed by atoms with van der Waals surface area (Å²) in [5, 5.41) is 10.00. The molecule has 66 valence electrons. The fraction of sp³-hybridized carbons (Fsp3) is 0.333. The van der Waals surface area contributed by atoms with Crippen LogP contribution in [0.4, 0.5) is 0 Å². The topological polar surface area (TPSA) is 20.2 Å². The zero-order valence-electron chi connectivity index (χ0n) is 6.99. The van der Waals surface area contributed by atoms with Gasteiger partial charge in [0.25, 0.3) is 0 Å². The van der Waals surface area contributed by atoms with Gasteiger partial charge in [-0.2, -0.15) is 0 Å². The Bertz CT molecular complexity index is 310. The quantitative estimate of drug-likeness (QED) is 0.805. The number of benzene rings is 1. The van der Waals surface area contributed by atoms with Crippen molar-refractivity contribution in [1.82, 2.24) is 0 Å². The molecular formula is C9H10BrClO. The molecule has 0 aliphatic carbocycles. The second-order valence-electron chi connectivity index (χ2n) is 2.66. The lowest BCUT2D eigenvalue weighted by molar-refractivity contribution is 0.468. The number of rotatable bonds is 1. The Morgan fingerprint density at radius 3 is 2.67 bits per heavy atom. The lowest BCUT2D eigenvalue weighted by Crippen LogP contribution is -1.87. The van der Waals surface area contributed by atoms with Crippen molar-refractivity contribution in [2.75, 3.05) is 0 Å². The van der Waals surface area contributed by atoms with Crippen LogP contribution in [0, 0.1) is 6.92 Å². The van der Waals surface area contributed by atoms with E-state index in [0.717, 1.165) is 22.0 Å².